The van der Waals surface area contributed by atoms with Crippen LogP contribution >= 0.6 is 31.9 Å². The molecule has 3 saturated heterocycles. The predicted molar refractivity (Wildman–Crippen MR) is 401 cm³/mol. The zero-order valence-corrected chi connectivity index (χ0v) is 62.1. The Balaban J connectivity index is 0.000000163. The van der Waals surface area contributed by atoms with Crippen LogP contribution in [0.3, 0.4) is 0 Å². The number of nitrogens with two attached hydrogens (primary N) is 5. The van der Waals surface area contributed by atoms with Crippen molar-refractivity contribution in [2.24, 2.45) is 23.5 Å². The van der Waals surface area contributed by atoms with Crippen LogP contribution in [-0.4, -0.2) is 114 Å². The second kappa shape index (κ2) is 38.7. The zero-order chi connectivity index (χ0) is 75.3. The zero-order valence-electron chi connectivity index (χ0n) is 58.9. The molecule has 0 spiro atoms. The van der Waals surface area contributed by atoms with Gasteiger partial charge in [0.15, 0.2) is 0 Å². The third-order valence-electron chi connectivity index (χ3n) is 18.7. The first-order valence-electron chi connectivity index (χ1n) is 35.2. The van der Waals surface area contributed by atoms with E-state index in [9.17, 15) is 41.9 Å². The summed E-state index contributed by atoms with van der Waals surface area (Å²) in [6.45, 7) is 9.49. The lowest BCUT2D eigenvalue weighted by molar-refractivity contribution is -0.162. The molecule has 0 radical (unpaired) electrons. The molecule has 0 unspecified atom stereocenters. The van der Waals surface area contributed by atoms with Crippen LogP contribution in [0.1, 0.15) is 187 Å². The lowest BCUT2D eigenvalue weighted by Gasteiger charge is -2.38. The molecule has 5 amide bonds. The number of nitrogen functional groups attached to an aromatic ring is 4. The smallest absolute Gasteiger partial charge is 0.454 e. The molecule has 7 aliphatic rings. The number of esters is 1. The first kappa shape index (κ1) is 80.7. The van der Waals surface area contributed by atoms with Gasteiger partial charge in [-0.1, -0.05) is 76.1 Å². The van der Waals surface area contributed by atoms with Crippen molar-refractivity contribution in [2.75, 3.05) is 54.5 Å². The van der Waals surface area contributed by atoms with Crippen molar-refractivity contribution in [1.82, 2.24) is 34.6 Å². The van der Waals surface area contributed by atoms with Crippen molar-refractivity contribution in [3.8, 4) is 0 Å². The van der Waals surface area contributed by atoms with Crippen LogP contribution in [0, 0.1) is 35.2 Å². The third kappa shape index (κ3) is 24.6. The maximum atomic E-state index is 13.3. The first-order valence-corrected chi connectivity index (χ1v) is 36.8. The standard InChI is InChI=1S/C22H25FN4O2.C16H20FNO3.C14H17FN2O2.C8H9BrN2.C8H10N2.C5H5BrN2.C3H7BO2/c1-13-2-9-19(15-5-7-16(23)8-6-15)27(12-13)22(29)21(28)26-17-10-18(14-3-4-14)20(24)25-11-17;1-3-21-16(20)15(19)18-10-11(2)4-9-14(18)12-5-7-13(17)8-6-12;1-9-2-7-12(10-3-5-11(15)6-4-10)17(8-9)14(19)13(16)18;9-6-3-7(5-1-2-5)8(10)11-4-6;9-8-7(6-3-4-6)2-1-5-10-8;6-4-2-1-3-8-5(4)7;5-4(6)3-1-2-3/h5-8,10-11,13-14,19H,2-4,9,12H2,1H3,(H2,24,25)(H,26,28);5-8,11,14H,3-4,9-10H2,1-2H3;3-6,9,12H,2,7-8H2,1H3,(H2,16,18);3-5H,1-2H2,(H2,10,11);1-2,5-6H,3-4H2,(H2,9,10);1-3H,(H2,7,8);3,5-6H,1-2H2/t13-,19+;11-,14+;9-,12+;;;;/m000..../s1. The molecular formula is C76H93BBr2F3N13O9. The molecule has 4 aromatic heterocycles. The highest BCUT2D eigenvalue weighted by molar-refractivity contribution is 9.10. The summed E-state index contributed by atoms with van der Waals surface area (Å²) in [5.41, 5.74) is 34.1. The van der Waals surface area contributed by atoms with Gasteiger partial charge in [0.1, 0.15) is 40.7 Å². The monoisotopic (exact) mass is 1560 g/mol. The van der Waals surface area contributed by atoms with Crippen molar-refractivity contribution in [1.29, 1.82) is 0 Å². The van der Waals surface area contributed by atoms with Crippen LogP contribution in [0.15, 0.2) is 143 Å². The number of amides is 5. The Hall–Kier alpha value is -8.99. The van der Waals surface area contributed by atoms with E-state index in [2.05, 4.69) is 76.2 Å². The van der Waals surface area contributed by atoms with E-state index >= 15 is 0 Å². The van der Waals surface area contributed by atoms with Gasteiger partial charge in [-0.3, -0.25) is 24.0 Å². The molecular weight excluding hydrogens is 1470 g/mol. The number of carbonyl (C=O) groups excluding carboxylic acids is 6. The number of piperidine rings is 3. The van der Waals surface area contributed by atoms with E-state index in [-0.39, 0.29) is 48.0 Å². The quantitative estimate of drug-likeness (QED) is 0.0378. The molecule has 554 valence electrons. The van der Waals surface area contributed by atoms with Gasteiger partial charge in [0, 0.05) is 42.7 Å². The molecule has 7 fully saturated rings. The number of halogens is 5. The predicted octanol–water partition coefficient (Wildman–Crippen LogP) is 12.8. The fourth-order valence-electron chi connectivity index (χ4n) is 12.4. The van der Waals surface area contributed by atoms with Crippen LogP contribution in [-0.2, 0) is 33.5 Å². The van der Waals surface area contributed by atoms with E-state index in [0.29, 0.717) is 84.1 Å². The van der Waals surface area contributed by atoms with Crippen molar-refractivity contribution in [3.05, 3.63) is 194 Å². The molecule has 13 N–H and O–H groups in total. The lowest BCUT2D eigenvalue weighted by Crippen LogP contribution is -2.46. The van der Waals surface area contributed by atoms with E-state index in [4.69, 9.17) is 43.5 Å². The van der Waals surface area contributed by atoms with Gasteiger partial charge in [0.25, 0.3) is 0 Å². The second-order valence-electron chi connectivity index (χ2n) is 27.4. The SMILES string of the molecule is CCOC(=O)C(=O)N1C[C@@H](C)CC[C@@H]1c1ccc(F)cc1.C[C@H]1CC[C@H](c2ccc(F)cc2)N(C(=O)C(=O)Nc2cnc(N)c(C3CC3)c2)C1.C[C@H]1CC[C@H](c2ccc(F)cc2)N(C(=O)C(N)=O)C1.Nc1ncc(Br)cc1C1CC1.Nc1ncccc1Br.Nc1ncccc1C1CC1.OB(O)C1CC1. The number of benzene rings is 3. The van der Waals surface area contributed by atoms with E-state index < -0.39 is 42.6 Å². The van der Waals surface area contributed by atoms with Crippen molar-refractivity contribution < 1.29 is 56.7 Å². The fourth-order valence-corrected chi connectivity index (χ4v) is 13.0. The first-order chi connectivity index (χ1) is 49.7. The van der Waals surface area contributed by atoms with E-state index in [1.807, 2.05) is 38.1 Å². The Kier molecular flexibility index (Phi) is 30.0. The third-order valence-corrected chi connectivity index (χ3v) is 19.8. The number of ether oxygens (including phenoxy) is 1. The van der Waals surface area contributed by atoms with E-state index in [1.54, 1.807) is 71.7 Å². The molecule has 7 aromatic rings. The molecule has 104 heavy (non-hydrogen) atoms. The average Bonchev–Trinajstić information content (AvgIpc) is 0.829. The fraction of sp³-hybridized carbons (Fsp3) is 0.421. The molecule has 28 heteroatoms. The normalized spacial score (nSPS) is 20.0. The van der Waals surface area contributed by atoms with Gasteiger partial charge < -0.3 is 63.5 Å². The van der Waals surface area contributed by atoms with Crippen molar-refractivity contribution in [2.45, 2.75) is 159 Å². The summed E-state index contributed by atoms with van der Waals surface area (Å²) in [5.74, 6) is 0.0884. The summed E-state index contributed by atoms with van der Waals surface area (Å²) in [7, 11) is -1.04. The van der Waals surface area contributed by atoms with Crippen LogP contribution < -0.4 is 34.0 Å². The minimum Gasteiger partial charge on any atom is -0.459 e. The number of nitrogens with zero attached hydrogens (tertiary/aromatic N) is 7. The van der Waals surface area contributed by atoms with Crippen molar-refractivity contribution in [3.63, 3.8) is 0 Å². The van der Waals surface area contributed by atoms with Crippen LogP contribution in [0.4, 0.5) is 42.1 Å². The number of likely N-dealkylation sites (tertiary alicyclic amines) is 3. The Morgan fingerprint density at radius 3 is 1.28 bits per heavy atom. The summed E-state index contributed by atoms with van der Waals surface area (Å²) in [6, 6.07) is 29.2. The number of primary amides is 1. The number of pyridine rings is 4. The maximum Gasteiger partial charge on any atom is 0.454 e. The summed E-state index contributed by atoms with van der Waals surface area (Å²) < 4.78 is 46.0. The molecule has 14 rings (SSSR count). The van der Waals surface area contributed by atoms with Crippen LogP contribution in [0.2, 0.25) is 5.82 Å². The van der Waals surface area contributed by atoms with Gasteiger partial charge in [-0.15, -0.1) is 0 Å². The summed E-state index contributed by atoms with van der Waals surface area (Å²) in [5, 5.41) is 19.2. The molecule has 6 atom stereocenters. The Morgan fingerprint density at radius 1 is 0.510 bits per heavy atom. The molecule has 22 nitrogen and oxygen atoms in total. The number of carbonyl (C=O) groups is 6. The molecule has 4 saturated carbocycles. The maximum absolute atomic E-state index is 13.3. The Morgan fingerprint density at radius 2 is 0.904 bits per heavy atom. The molecule has 0 bridgehead atoms. The molecule has 3 aliphatic heterocycles. The van der Waals surface area contributed by atoms with Gasteiger partial charge in [-0.25, -0.2) is 37.9 Å². The summed E-state index contributed by atoms with van der Waals surface area (Å²) in [4.78, 5) is 93.4. The van der Waals surface area contributed by atoms with Gasteiger partial charge in [0.05, 0.1) is 41.1 Å². The molecule has 7 heterocycles. The number of anilines is 5. The summed E-state index contributed by atoms with van der Waals surface area (Å²) in [6.07, 6.45) is 21.0. The largest absolute Gasteiger partial charge is 0.459 e. The number of hydrogen-bond donors (Lipinski definition) is 8. The lowest BCUT2D eigenvalue weighted by atomic mass is 9.84. The van der Waals surface area contributed by atoms with Gasteiger partial charge in [0.2, 0.25) is 0 Å². The van der Waals surface area contributed by atoms with Crippen LogP contribution in [0.25, 0.3) is 0 Å². The topological polar surface area (TPSA) is 356 Å². The van der Waals surface area contributed by atoms with Gasteiger partial charge >= 0.3 is 42.6 Å². The minimum absolute atomic E-state index is 0.176. The number of rotatable bonds is 9. The van der Waals surface area contributed by atoms with E-state index in [0.717, 1.165) is 95.4 Å². The highest BCUT2D eigenvalue weighted by atomic mass is 79.9. The number of aromatic nitrogens is 4. The second-order valence-corrected chi connectivity index (χ2v) is 29.2. The molecule has 3 aromatic carbocycles. The molecule has 4 aliphatic carbocycles. The number of nitrogens with one attached hydrogen (secondary N) is 1. The average molecular weight is 1560 g/mol. The van der Waals surface area contributed by atoms with E-state index in [1.165, 1.54) is 84.3 Å². The minimum atomic E-state index is -1.04. The number of hydrogen-bond acceptors (Lipinski definition) is 17. The highest BCUT2D eigenvalue weighted by Crippen LogP contribution is 2.45. The highest BCUT2D eigenvalue weighted by Gasteiger charge is 2.38. The van der Waals surface area contributed by atoms with Gasteiger partial charge in [-0.2, -0.15) is 0 Å². The summed E-state index contributed by atoms with van der Waals surface area (Å²) >= 11 is 6.58. The van der Waals surface area contributed by atoms with Crippen molar-refractivity contribution >= 4 is 103 Å². The van der Waals surface area contributed by atoms with Gasteiger partial charge in [-0.05, 0) is 257 Å². The van der Waals surface area contributed by atoms with Crippen LogP contribution in [0.5, 0.6) is 0 Å². The Labute approximate surface area is 622 Å². The Bertz CT molecular complexity index is 4010.